The molecule has 0 aliphatic rings. The zero-order valence-corrected chi connectivity index (χ0v) is 11.7. The van der Waals surface area contributed by atoms with Crippen molar-refractivity contribution in [2.24, 2.45) is 0 Å². The lowest BCUT2D eigenvalue weighted by Crippen LogP contribution is -2.20. The Labute approximate surface area is 121 Å². The number of aromatic nitrogens is 4. The minimum absolute atomic E-state index is 0.236. The van der Waals surface area contributed by atoms with Crippen molar-refractivity contribution in [3.63, 3.8) is 0 Å². The number of rotatable bonds is 8. The van der Waals surface area contributed by atoms with Crippen LogP contribution < -0.4 is 4.74 Å². The number of aliphatic hydroxyl groups excluding tert-OH is 1. The monoisotopic (exact) mass is 292 g/mol. The number of benzene rings is 1. The Kier molecular flexibility index (Phi) is 5.57. The summed E-state index contributed by atoms with van der Waals surface area (Å²) in [5, 5.41) is 21.9. The van der Waals surface area contributed by atoms with Crippen LogP contribution >= 0.6 is 11.8 Å². The average Bonchev–Trinajstić information content (AvgIpc) is 2.92. The number of thioether (sulfide) groups is 1. The van der Waals surface area contributed by atoms with Crippen molar-refractivity contribution < 1.29 is 9.84 Å². The molecule has 1 atom stereocenters. The fourth-order valence-corrected chi connectivity index (χ4v) is 2.26. The largest absolute Gasteiger partial charge is 0.491 e. The van der Waals surface area contributed by atoms with Gasteiger partial charge in [0, 0.05) is 5.75 Å². The third-order valence-electron chi connectivity index (χ3n) is 2.39. The minimum atomic E-state index is -0.589. The van der Waals surface area contributed by atoms with Crippen LogP contribution in [0.3, 0.4) is 0 Å². The smallest absolute Gasteiger partial charge is 0.209 e. The molecule has 106 valence electrons. The molecule has 6 nitrogen and oxygen atoms in total. The van der Waals surface area contributed by atoms with Crippen LogP contribution in [0.1, 0.15) is 0 Å². The van der Waals surface area contributed by atoms with Crippen LogP contribution in [-0.4, -0.2) is 43.8 Å². The zero-order chi connectivity index (χ0) is 14.2. The molecule has 1 unspecified atom stereocenters. The quantitative estimate of drug-likeness (QED) is 0.585. The van der Waals surface area contributed by atoms with Crippen LogP contribution in [0.4, 0.5) is 0 Å². The molecule has 1 aromatic carbocycles. The summed E-state index contributed by atoms with van der Waals surface area (Å²) in [5.74, 6) is 1.21. The second kappa shape index (κ2) is 7.66. The highest BCUT2D eigenvalue weighted by Gasteiger charge is 2.10. The summed E-state index contributed by atoms with van der Waals surface area (Å²) in [5.41, 5.74) is 0. The average molecular weight is 292 g/mol. The topological polar surface area (TPSA) is 73.1 Å². The van der Waals surface area contributed by atoms with E-state index < -0.39 is 6.10 Å². The van der Waals surface area contributed by atoms with E-state index in [2.05, 4.69) is 22.1 Å². The van der Waals surface area contributed by atoms with Gasteiger partial charge in [-0.05, 0) is 22.6 Å². The molecule has 0 spiro atoms. The van der Waals surface area contributed by atoms with Crippen LogP contribution in [-0.2, 0) is 6.54 Å². The first kappa shape index (κ1) is 14.5. The lowest BCUT2D eigenvalue weighted by Gasteiger charge is -2.11. The molecule has 1 heterocycles. The minimum Gasteiger partial charge on any atom is -0.491 e. The van der Waals surface area contributed by atoms with Gasteiger partial charge < -0.3 is 9.84 Å². The summed E-state index contributed by atoms with van der Waals surface area (Å²) >= 11 is 1.39. The maximum Gasteiger partial charge on any atom is 0.209 e. The van der Waals surface area contributed by atoms with Gasteiger partial charge in [0.25, 0.3) is 0 Å². The molecular formula is C13H16N4O2S. The Morgan fingerprint density at radius 1 is 1.40 bits per heavy atom. The molecule has 0 aliphatic heterocycles. The van der Waals surface area contributed by atoms with Crippen molar-refractivity contribution in [2.75, 3.05) is 12.4 Å². The van der Waals surface area contributed by atoms with Crippen molar-refractivity contribution >= 4 is 11.8 Å². The second-order valence-corrected chi connectivity index (χ2v) is 5.01. The van der Waals surface area contributed by atoms with E-state index in [-0.39, 0.29) is 6.61 Å². The maximum atomic E-state index is 9.89. The van der Waals surface area contributed by atoms with E-state index in [4.69, 9.17) is 4.74 Å². The Bertz CT molecular complexity index is 532. The summed E-state index contributed by atoms with van der Waals surface area (Å²) in [6.07, 6.45) is 1.13. The van der Waals surface area contributed by atoms with E-state index in [1.54, 1.807) is 10.8 Å². The first-order valence-corrected chi connectivity index (χ1v) is 7.14. The van der Waals surface area contributed by atoms with Gasteiger partial charge in [0.2, 0.25) is 5.16 Å². The number of tetrazole rings is 1. The van der Waals surface area contributed by atoms with Crippen LogP contribution in [0, 0.1) is 0 Å². The first-order chi connectivity index (χ1) is 9.79. The molecule has 7 heteroatoms. The van der Waals surface area contributed by atoms with Crippen molar-refractivity contribution in [2.45, 2.75) is 17.8 Å². The van der Waals surface area contributed by atoms with E-state index in [0.29, 0.717) is 17.5 Å². The molecule has 2 rings (SSSR count). The first-order valence-electron chi connectivity index (χ1n) is 6.15. The van der Waals surface area contributed by atoms with Crippen LogP contribution in [0.15, 0.2) is 48.1 Å². The van der Waals surface area contributed by atoms with Crippen molar-refractivity contribution in [1.29, 1.82) is 0 Å². The Morgan fingerprint density at radius 3 is 2.95 bits per heavy atom. The molecule has 0 saturated carbocycles. The second-order valence-electron chi connectivity index (χ2n) is 4.02. The predicted octanol–water partition coefficient (Wildman–Crippen LogP) is 1.39. The van der Waals surface area contributed by atoms with Crippen molar-refractivity contribution in [3.05, 3.63) is 43.0 Å². The predicted molar refractivity (Wildman–Crippen MR) is 76.7 cm³/mol. The third kappa shape index (κ3) is 4.36. The molecule has 0 bridgehead atoms. The summed E-state index contributed by atoms with van der Waals surface area (Å²) in [7, 11) is 0. The van der Waals surface area contributed by atoms with Crippen molar-refractivity contribution in [1.82, 2.24) is 20.2 Å². The Hall–Kier alpha value is -1.86. The molecule has 2 aromatic rings. The normalized spacial score (nSPS) is 12.1. The number of aliphatic hydroxyl groups is 1. The molecule has 1 aromatic heterocycles. The number of hydrogen-bond acceptors (Lipinski definition) is 6. The van der Waals surface area contributed by atoms with Gasteiger partial charge in [-0.3, -0.25) is 0 Å². The lowest BCUT2D eigenvalue weighted by molar-refractivity contribution is 0.126. The zero-order valence-electron chi connectivity index (χ0n) is 10.9. The van der Waals surface area contributed by atoms with E-state index in [9.17, 15) is 5.11 Å². The van der Waals surface area contributed by atoms with E-state index in [1.807, 2.05) is 30.3 Å². The van der Waals surface area contributed by atoms with Gasteiger partial charge in [0.1, 0.15) is 12.4 Å². The number of hydrogen-bond donors (Lipinski definition) is 1. The SMILES string of the molecule is C=CCn1nnnc1SCC(O)COc1ccccc1. The highest BCUT2D eigenvalue weighted by atomic mass is 32.2. The van der Waals surface area contributed by atoms with Gasteiger partial charge in [-0.2, -0.15) is 0 Å². The number of allylic oxidation sites excluding steroid dienone is 1. The van der Waals surface area contributed by atoms with Crippen molar-refractivity contribution in [3.8, 4) is 5.75 Å². The van der Waals surface area contributed by atoms with Gasteiger partial charge in [0.05, 0.1) is 12.6 Å². The molecular weight excluding hydrogens is 276 g/mol. The molecule has 0 radical (unpaired) electrons. The molecule has 0 fully saturated rings. The highest BCUT2D eigenvalue weighted by Crippen LogP contribution is 2.16. The van der Waals surface area contributed by atoms with Gasteiger partial charge in [-0.1, -0.05) is 36.0 Å². The summed E-state index contributed by atoms with van der Waals surface area (Å²) in [6, 6.07) is 9.40. The van der Waals surface area contributed by atoms with E-state index in [0.717, 1.165) is 5.75 Å². The molecule has 1 N–H and O–H groups in total. The van der Waals surface area contributed by atoms with Crippen LogP contribution in [0.25, 0.3) is 0 Å². The fraction of sp³-hybridized carbons (Fsp3) is 0.308. The van der Waals surface area contributed by atoms with Gasteiger partial charge in [-0.15, -0.1) is 11.7 Å². The molecule has 0 amide bonds. The summed E-state index contributed by atoms with van der Waals surface area (Å²) < 4.78 is 7.10. The lowest BCUT2D eigenvalue weighted by atomic mass is 10.3. The molecule has 0 aliphatic carbocycles. The summed E-state index contributed by atoms with van der Waals surface area (Å²) in [4.78, 5) is 0. The number of para-hydroxylation sites is 1. The molecule has 20 heavy (non-hydrogen) atoms. The van der Waals surface area contributed by atoms with Gasteiger partial charge >= 0.3 is 0 Å². The van der Waals surface area contributed by atoms with Gasteiger partial charge in [0.15, 0.2) is 0 Å². The Balaban J connectivity index is 1.76. The van der Waals surface area contributed by atoms with E-state index in [1.165, 1.54) is 11.8 Å². The standard InChI is InChI=1S/C13H16N4O2S/c1-2-8-17-13(14-15-16-17)20-10-11(18)9-19-12-6-4-3-5-7-12/h2-7,11,18H,1,8-10H2. The van der Waals surface area contributed by atoms with Gasteiger partial charge in [-0.25, -0.2) is 4.68 Å². The third-order valence-corrected chi connectivity index (χ3v) is 3.49. The molecule has 0 saturated heterocycles. The fourth-order valence-electron chi connectivity index (χ4n) is 1.46. The van der Waals surface area contributed by atoms with E-state index >= 15 is 0 Å². The highest BCUT2D eigenvalue weighted by molar-refractivity contribution is 7.99. The maximum absolute atomic E-state index is 9.89. The van der Waals surface area contributed by atoms with Crippen LogP contribution in [0.2, 0.25) is 0 Å². The van der Waals surface area contributed by atoms with Crippen LogP contribution in [0.5, 0.6) is 5.75 Å². The Morgan fingerprint density at radius 2 is 2.20 bits per heavy atom. The summed E-state index contributed by atoms with van der Waals surface area (Å²) in [6.45, 7) is 4.42. The number of nitrogens with zero attached hydrogens (tertiary/aromatic N) is 4. The number of ether oxygens (including phenoxy) is 1.